The van der Waals surface area contributed by atoms with Crippen LogP contribution in [-0.2, 0) is 0 Å². The van der Waals surface area contributed by atoms with E-state index in [1.165, 1.54) is 13.2 Å². The molecule has 5 nitrogen and oxygen atoms in total. The van der Waals surface area contributed by atoms with Crippen LogP contribution in [0.25, 0.3) is 11.6 Å². The molecule has 15 heavy (non-hydrogen) atoms. The van der Waals surface area contributed by atoms with Crippen LogP contribution in [0.3, 0.4) is 0 Å². The molecule has 3 N–H and O–H groups in total. The lowest BCUT2D eigenvalue weighted by atomic mass is 10.3. The van der Waals surface area contributed by atoms with Crippen molar-refractivity contribution in [3.05, 3.63) is 29.9 Å². The van der Waals surface area contributed by atoms with Crippen molar-refractivity contribution in [1.29, 1.82) is 0 Å². The monoisotopic (exact) mass is 208 g/mol. The molecule has 0 aliphatic rings. The van der Waals surface area contributed by atoms with Gasteiger partial charge in [0.05, 0.1) is 12.0 Å². The van der Waals surface area contributed by atoms with E-state index in [2.05, 4.69) is 15.4 Å². The summed E-state index contributed by atoms with van der Waals surface area (Å²) in [6.45, 7) is 1.53. The Hall–Kier alpha value is -1.95. The van der Waals surface area contributed by atoms with Crippen LogP contribution < -0.4 is 11.3 Å². The van der Waals surface area contributed by atoms with E-state index < -0.39 is 5.82 Å². The summed E-state index contributed by atoms with van der Waals surface area (Å²) in [7, 11) is 0. The summed E-state index contributed by atoms with van der Waals surface area (Å²) in [5.41, 5.74) is 2.38. The average molecular weight is 208 g/mol. The number of hydrazine groups is 1. The molecule has 78 valence electrons. The van der Waals surface area contributed by atoms with E-state index in [4.69, 9.17) is 10.3 Å². The van der Waals surface area contributed by atoms with Gasteiger partial charge in [0.25, 0.3) is 0 Å². The Morgan fingerprint density at radius 3 is 2.87 bits per heavy atom. The number of hydrogen-bond acceptors (Lipinski definition) is 5. The van der Waals surface area contributed by atoms with E-state index in [1.807, 2.05) is 0 Å². The lowest BCUT2D eigenvalue weighted by Crippen LogP contribution is -2.12. The van der Waals surface area contributed by atoms with Gasteiger partial charge < -0.3 is 9.84 Å². The highest BCUT2D eigenvalue weighted by atomic mass is 19.1. The van der Waals surface area contributed by atoms with Crippen molar-refractivity contribution >= 4 is 5.82 Å². The summed E-state index contributed by atoms with van der Waals surface area (Å²) in [6.07, 6.45) is 1.49. The molecule has 0 bridgehead atoms. The number of aromatic nitrogens is 2. The molecule has 2 aromatic heterocycles. The van der Waals surface area contributed by atoms with Crippen LogP contribution in [0.15, 0.2) is 22.8 Å². The molecular weight excluding hydrogens is 199 g/mol. The Labute approximate surface area is 85.1 Å². The van der Waals surface area contributed by atoms with Gasteiger partial charge in [-0.15, -0.1) is 0 Å². The highest BCUT2D eigenvalue weighted by Gasteiger charge is 2.12. The van der Waals surface area contributed by atoms with Gasteiger partial charge in [0, 0.05) is 0 Å². The van der Waals surface area contributed by atoms with Gasteiger partial charge >= 0.3 is 0 Å². The average Bonchev–Trinajstić information content (AvgIpc) is 2.75. The molecule has 0 atom stereocenters. The quantitative estimate of drug-likeness (QED) is 0.577. The number of nitrogens with zero attached hydrogens (tertiary/aromatic N) is 2. The normalized spacial score (nSPS) is 10.3. The maximum Gasteiger partial charge on any atom is 0.198 e. The molecule has 2 rings (SSSR count). The van der Waals surface area contributed by atoms with Crippen molar-refractivity contribution in [2.75, 3.05) is 5.43 Å². The Morgan fingerprint density at radius 1 is 1.47 bits per heavy atom. The van der Waals surface area contributed by atoms with Gasteiger partial charge in [-0.1, -0.05) is 0 Å². The third kappa shape index (κ3) is 1.66. The van der Waals surface area contributed by atoms with Crippen LogP contribution >= 0.6 is 0 Å². The highest BCUT2D eigenvalue weighted by molar-refractivity contribution is 5.51. The number of rotatable bonds is 2. The van der Waals surface area contributed by atoms with Gasteiger partial charge in [-0.3, -0.25) is 0 Å². The van der Waals surface area contributed by atoms with Crippen LogP contribution in [0.2, 0.25) is 0 Å². The first kappa shape index (κ1) is 9.60. The molecule has 0 unspecified atom stereocenters. The predicted molar refractivity (Wildman–Crippen MR) is 52.2 cm³/mol. The smallest absolute Gasteiger partial charge is 0.198 e. The van der Waals surface area contributed by atoms with E-state index in [9.17, 15) is 4.39 Å². The fourth-order valence-corrected chi connectivity index (χ4v) is 1.17. The lowest BCUT2D eigenvalue weighted by Gasteiger charge is -2.04. The van der Waals surface area contributed by atoms with Crippen molar-refractivity contribution in [3.63, 3.8) is 0 Å². The minimum Gasteiger partial charge on any atom is -0.461 e. The first-order valence-corrected chi connectivity index (χ1v) is 4.27. The zero-order valence-corrected chi connectivity index (χ0v) is 7.99. The van der Waals surface area contributed by atoms with E-state index in [0.29, 0.717) is 11.6 Å². The zero-order chi connectivity index (χ0) is 10.8. The zero-order valence-electron chi connectivity index (χ0n) is 7.99. The van der Waals surface area contributed by atoms with E-state index in [0.717, 1.165) is 0 Å². The van der Waals surface area contributed by atoms with Gasteiger partial charge in [-0.2, -0.15) is 0 Å². The summed E-state index contributed by atoms with van der Waals surface area (Å²) in [5.74, 6) is 5.29. The largest absolute Gasteiger partial charge is 0.461 e. The Kier molecular flexibility index (Phi) is 2.34. The number of nitrogens with two attached hydrogens (primary N) is 1. The van der Waals surface area contributed by atoms with Crippen LogP contribution in [0.5, 0.6) is 0 Å². The van der Waals surface area contributed by atoms with Crippen molar-refractivity contribution in [1.82, 2.24) is 9.97 Å². The second kappa shape index (κ2) is 3.66. The fourth-order valence-electron chi connectivity index (χ4n) is 1.17. The molecule has 0 saturated heterocycles. The number of nitrogens with one attached hydrogen (secondary N) is 1. The lowest BCUT2D eigenvalue weighted by molar-refractivity contribution is 0.571. The molecule has 0 aliphatic carbocycles. The van der Waals surface area contributed by atoms with Gasteiger partial charge in [-0.05, 0) is 19.1 Å². The van der Waals surface area contributed by atoms with Crippen molar-refractivity contribution < 1.29 is 8.81 Å². The van der Waals surface area contributed by atoms with E-state index in [-0.39, 0.29) is 11.5 Å². The van der Waals surface area contributed by atoms with Crippen molar-refractivity contribution in [2.45, 2.75) is 6.92 Å². The van der Waals surface area contributed by atoms with Gasteiger partial charge in [-0.25, -0.2) is 20.2 Å². The number of furan rings is 1. The number of halogens is 1. The first-order chi connectivity index (χ1) is 7.22. The van der Waals surface area contributed by atoms with Gasteiger partial charge in [0.2, 0.25) is 0 Å². The predicted octanol–water partition coefficient (Wildman–Crippen LogP) is 1.47. The fraction of sp³-hybridized carbons (Fsp3) is 0.111. The van der Waals surface area contributed by atoms with E-state index >= 15 is 0 Å². The molecule has 0 radical (unpaired) electrons. The summed E-state index contributed by atoms with van der Waals surface area (Å²) < 4.78 is 18.4. The summed E-state index contributed by atoms with van der Waals surface area (Å²) in [4.78, 5) is 7.83. The summed E-state index contributed by atoms with van der Waals surface area (Å²) >= 11 is 0. The molecule has 0 fully saturated rings. The van der Waals surface area contributed by atoms with Gasteiger partial charge in [0.1, 0.15) is 0 Å². The SMILES string of the molecule is Cc1nc(-c2ccco2)nc(NN)c1F. The Bertz CT molecular complexity index is 469. The maximum absolute atomic E-state index is 13.3. The second-order valence-corrected chi connectivity index (χ2v) is 2.92. The number of aryl methyl sites for hydroxylation is 1. The Balaban J connectivity index is 2.55. The topological polar surface area (TPSA) is 77.0 Å². The maximum atomic E-state index is 13.3. The van der Waals surface area contributed by atoms with Crippen LogP contribution in [-0.4, -0.2) is 9.97 Å². The van der Waals surface area contributed by atoms with Crippen LogP contribution in [0.4, 0.5) is 10.2 Å². The minimum absolute atomic E-state index is 0.0473. The standard InChI is InChI=1S/C9H9FN4O/c1-5-7(10)9(14-11)13-8(12-5)6-3-2-4-15-6/h2-4H,11H2,1H3,(H,12,13,14). The summed E-state index contributed by atoms with van der Waals surface area (Å²) in [6, 6.07) is 3.39. The van der Waals surface area contributed by atoms with Crippen LogP contribution in [0.1, 0.15) is 5.69 Å². The molecule has 6 heteroatoms. The number of nitrogen functional groups attached to an aromatic ring is 1. The second-order valence-electron chi connectivity index (χ2n) is 2.92. The first-order valence-electron chi connectivity index (χ1n) is 4.27. The molecule has 2 heterocycles. The third-order valence-electron chi connectivity index (χ3n) is 1.90. The number of hydrogen-bond donors (Lipinski definition) is 2. The number of anilines is 1. The van der Waals surface area contributed by atoms with E-state index in [1.54, 1.807) is 12.1 Å². The molecular formula is C9H9FN4O. The third-order valence-corrected chi connectivity index (χ3v) is 1.90. The van der Waals surface area contributed by atoms with Crippen molar-refractivity contribution in [3.8, 4) is 11.6 Å². The minimum atomic E-state index is -0.562. The molecule has 0 saturated carbocycles. The molecule has 0 aliphatic heterocycles. The van der Waals surface area contributed by atoms with Crippen LogP contribution in [0, 0.1) is 12.7 Å². The molecule has 2 aromatic rings. The summed E-state index contributed by atoms with van der Waals surface area (Å²) in [5, 5.41) is 0. The van der Waals surface area contributed by atoms with Gasteiger partial charge in [0.15, 0.2) is 23.2 Å². The molecule has 0 spiro atoms. The van der Waals surface area contributed by atoms with Crippen molar-refractivity contribution in [2.24, 2.45) is 5.84 Å². The molecule has 0 amide bonds. The molecule has 0 aromatic carbocycles. The Morgan fingerprint density at radius 2 is 2.27 bits per heavy atom. The highest BCUT2D eigenvalue weighted by Crippen LogP contribution is 2.20.